The smallest absolute Gasteiger partial charge is 0.111 e. The molecule has 0 atom stereocenters. The lowest BCUT2D eigenvalue weighted by Crippen LogP contribution is -2.01. The molecule has 2 aromatic rings. The second-order valence-electron chi connectivity index (χ2n) is 4.50. The van der Waals surface area contributed by atoms with Crippen LogP contribution in [0.15, 0.2) is 48.2 Å². The third kappa shape index (κ3) is 3.41. The van der Waals surface area contributed by atoms with Gasteiger partial charge in [-0.05, 0) is 50.3 Å². The summed E-state index contributed by atoms with van der Waals surface area (Å²) in [5.74, 6) is 0. The topological polar surface area (TPSA) is 90.7 Å². The summed E-state index contributed by atoms with van der Waals surface area (Å²) in [5, 5.41) is 8.15. The Morgan fingerprint density at radius 1 is 1.00 bits per heavy atom. The van der Waals surface area contributed by atoms with Gasteiger partial charge in [0.2, 0.25) is 0 Å². The van der Waals surface area contributed by atoms with E-state index >= 15 is 0 Å². The molecule has 0 saturated carbocycles. The van der Waals surface area contributed by atoms with E-state index in [9.17, 15) is 0 Å². The summed E-state index contributed by atoms with van der Waals surface area (Å²) in [6.45, 7) is 3.69. The van der Waals surface area contributed by atoms with Gasteiger partial charge in [-0.1, -0.05) is 6.07 Å². The van der Waals surface area contributed by atoms with E-state index in [4.69, 9.17) is 11.5 Å². The van der Waals surface area contributed by atoms with E-state index in [1.54, 1.807) is 19.1 Å². The SMILES string of the molecule is C/C(N)=C/C=C(\N)c1cccc(-c2ccc(C)nn2)n1. The average Bonchev–Trinajstić information content (AvgIpc) is 2.45. The largest absolute Gasteiger partial charge is 0.402 e. The monoisotopic (exact) mass is 267 g/mol. The van der Waals surface area contributed by atoms with Crippen molar-refractivity contribution in [1.82, 2.24) is 15.2 Å². The Kier molecular flexibility index (Phi) is 4.10. The number of aromatic nitrogens is 3. The van der Waals surface area contributed by atoms with Gasteiger partial charge in [-0.25, -0.2) is 4.98 Å². The van der Waals surface area contributed by atoms with E-state index < -0.39 is 0 Å². The minimum Gasteiger partial charge on any atom is -0.402 e. The maximum Gasteiger partial charge on any atom is 0.111 e. The third-order valence-electron chi connectivity index (χ3n) is 2.63. The second-order valence-corrected chi connectivity index (χ2v) is 4.50. The van der Waals surface area contributed by atoms with Crippen molar-refractivity contribution in [1.29, 1.82) is 0 Å². The fraction of sp³-hybridized carbons (Fsp3) is 0.133. The first kappa shape index (κ1) is 13.7. The van der Waals surface area contributed by atoms with E-state index in [1.807, 2.05) is 37.3 Å². The molecular weight excluding hydrogens is 250 g/mol. The van der Waals surface area contributed by atoms with Crippen LogP contribution in [0.4, 0.5) is 0 Å². The van der Waals surface area contributed by atoms with Gasteiger partial charge in [0, 0.05) is 5.70 Å². The minimum absolute atomic E-state index is 0.553. The molecule has 0 bridgehead atoms. The van der Waals surface area contributed by atoms with Gasteiger partial charge in [0.05, 0.1) is 22.8 Å². The number of hydrogen-bond donors (Lipinski definition) is 2. The van der Waals surface area contributed by atoms with E-state index in [2.05, 4.69) is 15.2 Å². The van der Waals surface area contributed by atoms with Gasteiger partial charge in [0.25, 0.3) is 0 Å². The molecule has 0 aliphatic carbocycles. The lowest BCUT2D eigenvalue weighted by atomic mass is 10.2. The summed E-state index contributed by atoms with van der Waals surface area (Å²) in [5.41, 5.74) is 15.8. The number of pyridine rings is 1. The standard InChI is InChI=1S/C15H17N5/c1-10(16)6-8-12(17)13-4-3-5-14(18-13)15-9-7-11(2)19-20-15/h3-9H,16-17H2,1-2H3/b10-6-,12-8-. The van der Waals surface area contributed by atoms with Crippen LogP contribution in [-0.4, -0.2) is 15.2 Å². The fourth-order valence-electron chi connectivity index (χ4n) is 1.58. The van der Waals surface area contributed by atoms with E-state index in [0.29, 0.717) is 17.1 Å². The predicted molar refractivity (Wildman–Crippen MR) is 80.1 cm³/mol. The zero-order chi connectivity index (χ0) is 14.5. The first-order valence-electron chi connectivity index (χ1n) is 6.24. The Hall–Kier alpha value is -2.69. The highest BCUT2D eigenvalue weighted by atomic mass is 15.1. The molecule has 102 valence electrons. The molecule has 0 fully saturated rings. The van der Waals surface area contributed by atoms with Crippen molar-refractivity contribution in [3.63, 3.8) is 0 Å². The number of rotatable bonds is 3. The van der Waals surface area contributed by atoms with E-state index in [1.165, 1.54) is 0 Å². The van der Waals surface area contributed by atoms with Gasteiger partial charge < -0.3 is 11.5 Å². The van der Waals surface area contributed by atoms with Crippen LogP contribution in [0.2, 0.25) is 0 Å². The van der Waals surface area contributed by atoms with Crippen LogP contribution < -0.4 is 11.5 Å². The molecule has 0 spiro atoms. The Morgan fingerprint density at radius 2 is 1.80 bits per heavy atom. The first-order chi connectivity index (χ1) is 9.56. The van der Waals surface area contributed by atoms with Crippen LogP contribution in [0.25, 0.3) is 17.1 Å². The third-order valence-corrected chi connectivity index (χ3v) is 2.63. The molecule has 2 rings (SSSR count). The molecule has 4 N–H and O–H groups in total. The van der Waals surface area contributed by atoms with Crippen molar-refractivity contribution in [2.75, 3.05) is 0 Å². The van der Waals surface area contributed by atoms with Gasteiger partial charge in [-0.2, -0.15) is 5.10 Å². The minimum atomic E-state index is 0.553. The molecule has 2 heterocycles. The van der Waals surface area contributed by atoms with Crippen LogP contribution in [0, 0.1) is 6.92 Å². The van der Waals surface area contributed by atoms with Gasteiger partial charge in [-0.15, -0.1) is 5.10 Å². The normalized spacial score (nSPS) is 12.5. The van der Waals surface area contributed by atoms with Crippen molar-refractivity contribution in [2.45, 2.75) is 13.8 Å². The molecule has 0 saturated heterocycles. The van der Waals surface area contributed by atoms with Gasteiger partial charge in [0.15, 0.2) is 0 Å². The fourth-order valence-corrected chi connectivity index (χ4v) is 1.58. The summed E-state index contributed by atoms with van der Waals surface area (Å²) in [6, 6.07) is 9.39. The summed E-state index contributed by atoms with van der Waals surface area (Å²) < 4.78 is 0. The van der Waals surface area contributed by atoms with Gasteiger partial charge in [0.1, 0.15) is 5.69 Å². The predicted octanol–water partition coefficient (Wildman–Crippen LogP) is 2.01. The maximum absolute atomic E-state index is 5.98. The average molecular weight is 267 g/mol. The molecule has 2 aromatic heterocycles. The molecule has 0 amide bonds. The summed E-state index contributed by atoms with van der Waals surface area (Å²) in [7, 11) is 0. The lowest BCUT2D eigenvalue weighted by Gasteiger charge is -2.04. The van der Waals surface area contributed by atoms with Crippen LogP contribution in [0.5, 0.6) is 0 Å². The van der Waals surface area contributed by atoms with Crippen LogP contribution in [0.3, 0.4) is 0 Å². The Bertz CT molecular complexity index is 652. The van der Waals surface area contributed by atoms with Gasteiger partial charge >= 0.3 is 0 Å². The van der Waals surface area contributed by atoms with Crippen molar-refractivity contribution >= 4 is 5.70 Å². The lowest BCUT2D eigenvalue weighted by molar-refractivity contribution is 0.980. The number of nitrogens with zero attached hydrogens (tertiary/aromatic N) is 3. The zero-order valence-corrected chi connectivity index (χ0v) is 11.5. The van der Waals surface area contributed by atoms with Crippen LogP contribution >= 0.6 is 0 Å². The molecule has 5 nitrogen and oxygen atoms in total. The summed E-state index contributed by atoms with van der Waals surface area (Å²) in [4.78, 5) is 4.48. The summed E-state index contributed by atoms with van der Waals surface area (Å²) in [6.07, 6.45) is 3.48. The Labute approximate surface area is 118 Å². The number of aryl methyl sites for hydroxylation is 1. The van der Waals surface area contributed by atoms with Crippen LogP contribution in [0.1, 0.15) is 18.3 Å². The highest BCUT2D eigenvalue weighted by Crippen LogP contribution is 2.16. The Balaban J connectivity index is 2.35. The molecule has 0 aromatic carbocycles. The van der Waals surface area contributed by atoms with Crippen LogP contribution in [-0.2, 0) is 0 Å². The van der Waals surface area contributed by atoms with Crippen molar-refractivity contribution in [3.05, 3.63) is 59.6 Å². The second kappa shape index (κ2) is 5.97. The zero-order valence-electron chi connectivity index (χ0n) is 11.5. The maximum atomic E-state index is 5.98. The molecular formula is C15H17N5. The molecule has 0 aliphatic rings. The number of nitrogens with two attached hydrogens (primary N) is 2. The number of allylic oxidation sites excluding steroid dienone is 3. The quantitative estimate of drug-likeness (QED) is 0.830. The summed E-state index contributed by atoms with van der Waals surface area (Å²) >= 11 is 0. The first-order valence-corrected chi connectivity index (χ1v) is 6.24. The highest BCUT2D eigenvalue weighted by molar-refractivity contribution is 5.64. The molecule has 5 heteroatoms. The van der Waals surface area contributed by atoms with Crippen molar-refractivity contribution in [3.8, 4) is 11.4 Å². The molecule has 0 aliphatic heterocycles. The van der Waals surface area contributed by atoms with E-state index in [-0.39, 0.29) is 0 Å². The molecule has 20 heavy (non-hydrogen) atoms. The molecule has 0 radical (unpaired) electrons. The van der Waals surface area contributed by atoms with Crippen molar-refractivity contribution in [2.24, 2.45) is 11.5 Å². The van der Waals surface area contributed by atoms with E-state index in [0.717, 1.165) is 17.1 Å². The van der Waals surface area contributed by atoms with Crippen molar-refractivity contribution < 1.29 is 0 Å². The van der Waals surface area contributed by atoms with Gasteiger partial charge in [-0.3, -0.25) is 0 Å². The number of hydrogen-bond acceptors (Lipinski definition) is 5. The highest BCUT2D eigenvalue weighted by Gasteiger charge is 2.04. The molecule has 0 unspecified atom stereocenters. The Morgan fingerprint density at radius 3 is 2.45 bits per heavy atom.